The van der Waals surface area contributed by atoms with E-state index in [1.165, 1.54) is 54.2 Å². The fourth-order valence-corrected chi connectivity index (χ4v) is 8.27. The topological polar surface area (TPSA) is 38.7 Å². The number of aromatic nitrogens is 3. The summed E-state index contributed by atoms with van der Waals surface area (Å²) in [6.45, 7) is 0. The van der Waals surface area contributed by atoms with Crippen molar-refractivity contribution in [2.45, 2.75) is 0 Å². The predicted molar refractivity (Wildman–Crippen MR) is 219 cm³/mol. The summed E-state index contributed by atoms with van der Waals surface area (Å²) in [5, 5.41) is 13.1. The zero-order valence-corrected chi connectivity index (χ0v) is 28.1. The average Bonchev–Trinajstić information content (AvgIpc) is 3.22. The maximum Gasteiger partial charge on any atom is 0.0970 e. The summed E-state index contributed by atoms with van der Waals surface area (Å²) in [5.41, 5.74) is 9.69. The van der Waals surface area contributed by atoms with Crippen LogP contribution < -0.4 is 0 Å². The van der Waals surface area contributed by atoms with Gasteiger partial charge in [0, 0.05) is 44.9 Å². The van der Waals surface area contributed by atoms with E-state index >= 15 is 0 Å². The van der Waals surface area contributed by atoms with Crippen molar-refractivity contribution >= 4 is 75.8 Å². The Morgan fingerprint density at radius 1 is 0.308 bits per heavy atom. The molecule has 0 saturated heterocycles. The van der Waals surface area contributed by atoms with Crippen molar-refractivity contribution in [2.24, 2.45) is 0 Å². The van der Waals surface area contributed by atoms with Crippen LogP contribution in [-0.4, -0.2) is 15.0 Å². The van der Waals surface area contributed by atoms with E-state index in [0.29, 0.717) is 0 Å². The van der Waals surface area contributed by atoms with Gasteiger partial charge in [0.1, 0.15) is 0 Å². The monoisotopic (exact) mass is 659 g/mol. The summed E-state index contributed by atoms with van der Waals surface area (Å²) < 4.78 is 0. The minimum atomic E-state index is 0.932. The highest BCUT2D eigenvalue weighted by molar-refractivity contribution is 6.31. The van der Waals surface area contributed by atoms with Crippen molar-refractivity contribution < 1.29 is 0 Å². The predicted octanol–water partition coefficient (Wildman–Crippen LogP) is 12.9. The molecule has 0 unspecified atom stereocenters. The van der Waals surface area contributed by atoms with Gasteiger partial charge in [-0.1, -0.05) is 127 Å². The number of fused-ring (bicyclic) bond motifs is 12. The van der Waals surface area contributed by atoms with Gasteiger partial charge in [0.25, 0.3) is 0 Å². The van der Waals surface area contributed by atoms with Crippen molar-refractivity contribution in [3.8, 4) is 33.5 Å². The van der Waals surface area contributed by atoms with Gasteiger partial charge in [-0.3, -0.25) is 9.97 Å². The maximum atomic E-state index is 5.51. The summed E-state index contributed by atoms with van der Waals surface area (Å²) in [7, 11) is 0. The van der Waals surface area contributed by atoms with E-state index in [0.717, 1.165) is 55.1 Å². The Labute approximate surface area is 299 Å². The summed E-state index contributed by atoms with van der Waals surface area (Å²) in [4.78, 5) is 14.9. The second-order valence-electron chi connectivity index (χ2n) is 13.6. The van der Waals surface area contributed by atoms with E-state index in [4.69, 9.17) is 9.97 Å². The minimum absolute atomic E-state index is 0.932. The highest BCUT2D eigenvalue weighted by Crippen LogP contribution is 2.42. The first-order chi connectivity index (χ1) is 25.8. The highest BCUT2D eigenvalue weighted by Gasteiger charge is 2.17. The zero-order valence-electron chi connectivity index (χ0n) is 28.1. The van der Waals surface area contributed by atoms with Gasteiger partial charge in [-0.15, -0.1) is 0 Å². The lowest BCUT2D eigenvalue weighted by molar-refractivity contribution is 1.37. The number of hydrogen-bond acceptors (Lipinski definition) is 3. The third-order valence-electron chi connectivity index (χ3n) is 10.7. The molecule has 8 aromatic carbocycles. The van der Waals surface area contributed by atoms with Gasteiger partial charge >= 0.3 is 0 Å². The normalized spacial score (nSPS) is 11.8. The van der Waals surface area contributed by atoms with Gasteiger partial charge in [-0.05, 0) is 91.0 Å². The van der Waals surface area contributed by atoms with E-state index in [2.05, 4.69) is 157 Å². The molecule has 0 bridgehead atoms. The van der Waals surface area contributed by atoms with Gasteiger partial charge in [0.2, 0.25) is 0 Å². The van der Waals surface area contributed by atoms with Crippen LogP contribution >= 0.6 is 0 Å². The molecule has 0 aliphatic rings. The van der Waals surface area contributed by atoms with Crippen LogP contribution in [-0.2, 0) is 0 Å². The molecule has 11 rings (SSSR count). The zero-order chi connectivity index (χ0) is 34.2. The molecule has 0 spiro atoms. The molecule has 0 amide bonds. The molecule has 3 heterocycles. The van der Waals surface area contributed by atoms with E-state index in [9.17, 15) is 0 Å². The van der Waals surface area contributed by atoms with Gasteiger partial charge in [-0.2, -0.15) is 0 Å². The van der Waals surface area contributed by atoms with Crippen LogP contribution in [0.4, 0.5) is 0 Å². The number of hydrogen-bond donors (Lipinski definition) is 0. The van der Waals surface area contributed by atoms with E-state index < -0.39 is 0 Å². The molecule has 0 atom stereocenters. The third-order valence-corrected chi connectivity index (χ3v) is 10.7. The van der Waals surface area contributed by atoms with Gasteiger partial charge in [0.05, 0.1) is 22.2 Å². The van der Waals surface area contributed by atoms with Crippen LogP contribution in [0.2, 0.25) is 0 Å². The average molecular weight is 660 g/mol. The fraction of sp³-hybridized carbons (Fsp3) is 0. The lowest BCUT2D eigenvalue weighted by atomic mass is 9.91. The van der Waals surface area contributed by atoms with E-state index in [1.54, 1.807) is 0 Å². The van der Waals surface area contributed by atoms with Gasteiger partial charge in [-0.25, -0.2) is 4.98 Å². The van der Waals surface area contributed by atoms with E-state index in [-0.39, 0.29) is 0 Å². The summed E-state index contributed by atoms with van der Waals surface area (Å²) in [6, 6.07) is 59.0. The standard InChI is InChI=1S/C49H29N3/c1-3-15-39-37(13-1)38-14-2-5-17-41(38)48-45(39)40-16-4-6-18-42(40)46(52-48)35-11-7-10-30(28-35)31-20-21-33-27-34(23-22-32(33)26-31)44-29-36-12-8-24-50-47(36)49-43(44)19-9-25-51-49/h1-29H. The SMILES string of the molecule is c1cc(-c2ccc3cc(-c4cc5cccnc5c5ncccc45)ccc3c2)cc(-c2nc3c4ccccc4c4ccccc4c3c3ccccc23)c1. The van der Waals surface area contributed by atoms with Crippen LogP contribution in [0.5, 0.6) is 0 Å². The maximum absolute atomic E-state index is 5.51. The van der Waals surface area contributed by atoms with Gasteiger partial charge in [0.15, 0.2) is 0 Å². The molecule has 0 fully saturated rings. The highest BCUT2D eigenvalue weighted by atomic mass is 14.7. The molecule has 52 heavy (non-hydrogen) atoms. The first-order valence-electron chi connectivity index (χ1n) is 17.7. The Kier molecular flexibility index (Phi) is 6.25. The lowest BCUT2D eigenvalue weighted by Gasteiger charge is -2.15. The summed E-state index contributed by atoms with van der Waals surface area (Å²) in [5.74, 6) is 0. The number of pyridine rings is 3. The van der Waals surface area contributed by atoms with Crippen LogP contribution in [0.1, 0.15) is 0 Å². The Bertz CT molecular complexity index is 3250. The number of nitrogens with zero attached hydrogens (tertiary/aromatic N) is 3. The summed E-state index contributed by atoms with van der Waals surface area (Å²) in [6.07, 6.45) is 3.68. The molecule has 0 radical (unpaired) electrons. The van der Waals surface area contributed by atoms with Crippen molar-refractivity contribution in [2.75, 3.05) is 0 Å². The van der Waals surface area contributed by atoms with Crippen molar-refractivity contribution in [1.82, 2.24) is 15.0 Å². The molecule has 0 aliphatic carbocycles. The number of rotatable bonds is 3. The first-order valence-corrected chi connectivity index (χ1v) is 17.7. The third kappa shape index (κ3) is 4.36. The largest absolute Gasteiger partial charge is 0.254 e. The first kappa shape index (κ1) is 28.8. The number of benzene rings is 8. The molecule has 0 aliphatic heterocycles. The molecular weight excluding hydrogens is 631 g/mol. The molecule has 11 aromatic rings. The van der Waals surface area contributed by atoms with Crippen LogP contribution in [0, 0.1) is 0 Å². The Morgan fingerprint density at radius 2 is 0.885 bits per heavy atom. The fourth-order valence-electron chi connectivity index (χ4n) is 8.27. The van der Waals surface area contributed by atoms with Gasteiger partial charge < -0.3 is 0 Å². The lowest BCUT2D eigenvalue weighted by Crippen LogP contribution is -1.93. The second kappa shape index (κ2) is 11.3. The molecule has 240 valence electrons. The summed E-state index contributed by atoms with van der Waals surface area (Å²) >= 11 is 0. The molecule has 0 N–H and O–H groups in total. The minimum Gasteiger partial charge on any atom is -0.254 e. The van der Waals surface area contributed by atoms with Crippen LogP contribution in [0.15, 0.2) is 176 Å². The Balaban J connectivity index is 1.05. The van der Waals surface area contributed by atoms with Crippen LogP contribution in [0.25, 0.3) is 109 Å². The molecule has 3 aromatic heterocycles. The second-order valence-corrected chi connectivity index (χ2v) is 13.6. The van der Waals surface area contributed by atoms with E-state index in [1.807, 2.05) is 24.5 Å². The molecule has 0 saturated carbocycles. The Morgan fingerprint density at radius 3 is 1.69 bits per heavy atom. The van der Waals surface area contributed by atoms with Crippen molar-refractivity contribution in [3.63, 3.8) is 0 Å². The van der Waals surface area contributed by atoms with Crippen LogP contribution in [0.3, 0.4) is 0 Å². The quantitative estimate of drug-likeness (QED) is 0.177. The van der Waals surface area contributed by atoms with Crippen molar-refractivity contribution in [3.05, 3.63) is 176 Å². The van der Waals surface area contributed by atoms with Crippen molar-refractivity contribution in [1.29, 1.82) is 0 Å². The molecular formula is C49H29N3. The molecule has 3 nitrogen and oxygen atoms in total. The Hall–Kier alpha value is -6.97. The molecule has 3 heteroatoms. The smallest absolute Gasteiger partial charge is 0.0970 e.